The average molecular weight is 441 g/mol. The standard InChI is InChI=1S/C26H26.C5H14N2/c1-5-9-16-25(22(8-4)13-6-2)26(23-14-11-10-12-15-23)24-19-17-21(7-3)18-20-24;1-3-7-5-4-6-2/h3,6,8,10-15,17-20H,2,4-5,9,16H2,1H3;6-7H,3-5H2,1-2H3/b22-13+,26-25-;. The van der Waals surface area contributed by atoms with E-state index in [4.69, 9.17) is 6.42 Å². The molecule has 0 aliphatic heterocycles. The number of rotatable bonds is 12. The number of terminal acetylenes is 1. The fourth-order valence-corrected chi connectivity index (χ4v) is 3.43. The van der Waals surface area contributed by atoms with Gasteiger partial charge < -0.3 is 10.6 Å². The summed E-state index contributed by atoms with van der Waals surface area (Å²) in [4.78, 5) is 0. The molecule has 0 fully saturated rings. The lowest BCUT2D eigenvalue weighted by Crippen LogP contribution is -2.24. The zero-order valence-electron chi connectivity index (χ0n) is 20.7. The van der Waals surface area contributed by atoms with Crippen LogP contribution in [-0.4, -0.2) is 26.7 Å². The van der Waals surface area contributed by atoms with Crippen molar-refractivity contribution < 1.29 is 0 Å². The second kappa shape index (κ2) is 17.4. The Balaban J connectivity index is 0.000000675. The molecule has 0 aliphatic rings. The van der Waals surface area contributed by atoms with Crippen LogP contribution in [-0.2, 0) is 0 Å². The van der Waals surface area contributed by atoms with E-state index in [0.29, 0.717) is 0 Å². The van der Waals surface area contributed by atoms with Crippen LogP contribution in [0.5, 0.6) is 0 Å². The summed E-state index contributed by atoms with van der Waals surface area (Å²) in [5.74, 6) is 2.69. The van der Waals surface area contributed by atoms with Gasteiger partial charge in [-0.05, 0) is 66.4 Å². The zero-order chi connectivity index (χ0) is 24.3. The Bertz CT molecular complexity index is 921. The molecule has 0 heterocycles. The second-order valence-electron chi connectivity index (χ2n) is 7.56. The fraction of sp³-hybridized carbons (Fsp3) is 0.290. The van der Waals surface area contributed by atoms with Crippen LogP contribution in [0.1, 0.15) is 49.8 Å². The number of hydrogen-bond acceptors (Lipinski definition) is 2. The maximum absolute atomic E-state index is 5.53. The summed E-state index contributed by atoms with van der Waals surface area (Å²) in [5, 5.41) is 6.23. The normalized spacial score (nSPS) is 11.5. The molecule has 2 aromatic carbocycles. The second-order valence-corrected chi connectivity index (χ2v) is 7.56. The maximum Gasteiger partial charge on any atom is 0.0243 e. The lowest BCUT2D eigenvalue weighted by molar-refractivity contribution is 0.672. The zero-order valence-corrected chi connectivity index (χ0v) is 20.7. The molecule has 0 unspecified atom stereocenters. The minimum absolute atomic E-state index is 0.891. The molecular formula is C31H40N2. The Hall–Kier alpha value is -3.12. The highest BCUT2D eigenvalue weighted by molar-refractivity contribution is 5.85. The third kappa shape index (κ3) is 9.91. The summed E-state index contributed by atoms with van der Waals surface area (Å²) in [6.07, 6.45) is 14.6. The van der Waals surface area contributed by atoms with Gasteiger partial charge in [0.1, 0.15) is 0 Å². The molecule has 33 heavy (non-hydrogen) atoms. The number of allylic oxidation sites excluding steroid dienone is 5. The van der Waals surface area contributed by atoms with Crippen molar-refractivity contribution in [1.82, 2.24) is 10.6 Å². The van der Waals surface area contributed by atoms with Gasteiger partial charge in [-0.25, -0.2) is 0 Å². The third-order valence-corrected chi connectivity index (χ3v) is 5.15. The molecule has 0 spiro atoms. The monoisotopic (exact) mass is 440 g/mol. The fourth-order valence-electron chi connectivity index (χ4n) is 3.43. The number of likely N-dealkylation sites (N-methyl/N-ethyl adjacent to an activating group) is 2. The molecule has 2 aromatic rings. The van der Waals surface area contributed by atoms with Gasteiger partial charge in [0.15, 0.2) is 0 Å². The van der Waals surface area contributed by atoms with Gasteiger partial charge in [0.05, 0.1) is 0 Å². The molecule has 0 amide bonds. The van der Waals surface area contributed by atoms with Crippen LogP contribution in [0.4, 0.5) is 0 Å². The first-order chi connectivity index (χ1) is 16.2. The van der Waals surface area contributed by atoms with Gasteiger partial charge in [-0.3, -0.25) is 0 Å². The number of unbranched alkanes of at least 4 members (excludes halogenated alkanes) is 1. The van der Waals surface area contributed by atoms with E-state index in [2.05, 4.69) is 80.0 Å². The average Bonchev–Trinajstić information content (AvgIpc) is 2.87. The molecule has 0 radical (unpaired) electrons. The maximum atomic E-state index is 5.53. The molecular weight excluding hydrogens is 400 g/mol. The predicted octanol–water partition coefficient (Wildman–Crippen LogP) is 6.77. The van der Waals surface area contributed by atoms with Crippen LogP contribution < -0.4 is 10.6 Å². The lowest BCUT2D eigenvalue weighted by atomic mass is 9.86. The van der Waals surface area contributed by atoms with E-state index in [1.54, 1.807) is 0 Å². The molecule has 174 valence electrons. The molecule has 2 heteroatoms. The van der Waals surface area contributed by atoms with E-state index in [1.807, 2.05) is 43.5 Å². The molecule has 0 saturated carbocycles. The Labute approximate surface area is 202 Å². The Morgan fingerprint density at radius 3 is 2.15 bits per heavy atom. The Morgan fingerprint density at radius 2 is 1.64 bits per heavy atom. The minimum Gasteiger partial charge on any atom is -0.318 e. The Kier molecular flexibility index (Phi) is 14.7. The molecule has 0 aliphatic carbocycles. The first kappa shape index (κ1) is 27.9. The first-order valence-corrected chi connectivity index (χ1v) is 11.8. The highest BCUT2D eigenvalue weighted by atomic mass is 14.9. The summed E-state index contributed by atoms with van der Waals surface area (Å²) in [6, 6.07) is 18.7. The summed E-state index contributed by atoms with van der Waals surface area (Å²) >= 11 is 0. The molecule has 2 N–H and O–H groups in total. The highest BCUT2D eigenvalue weighted by Gasteiger charge is 2.14. The lowest BCUT2D eigenvalue weighted by Gasteiger charge is -2.18. The number of benzene rings is 2. The molecule has 0 saturated heterocycles. The molecule has 0 bridgehead atoms. The van der Waals surface area contributed by atoms with Crippen LogP contribution in [0.3, 0.4) is 0 Å². The van der Waals surface area contributed by atoms with Crippen molar-refractivity contribution in [2.45, 2.75) is 33.1 Å². The van der Waals surface area contributed by atoms with Crippen LogP contribution in [0.15, 0.2) is 97.1 Å². The van der Waals surface area contributed by atoms with Crippen molar-refractivity contribution in [2.75, 3.05) is 26.7 Å². The van der Waals surface area contributed by atoms with Crippen molar-refractivity contribution in [1.29, 1.82) is 0 Å². The van der Waals surface area contributed by atoms with Crippen LogP contribution >= 0.6 is 0 Å². The molecule has 0 aromatic heterocycles. The van der Waals surface area contributed by atoms with Crippen molar-refractivity contribution in [3.05, 3.63) is 114 Å². The van der Waals surface area contributed by atoms with Gasteiger partial charge in [0.25, 0.3) is 0 Å². The van der Waals surface area contributed by atoms with E-state index in [-0.39, 0.29) is 0 Å². The smallest absolute Gasteiger partial charge is 0.0243 e. The molecule has 0 atom stereocenters. The summed E-state index contributed by atoms with van der Waals surface area (Å²) < 4.78 is 0. The van der Waals surface area contributed by atoms with Gasteiger partial charge in [-0.15, -0.1) is 6.42 Å². The van der Waals surface area contributed by atoms with Crippen LogP contribution in [0, 0.1) is 12.3 Å². The Morgan fingerprint density at radius 1 is 0.970 bits per heavy atom. The first-order valence-electron chi connectivity index (χ1n) is 11.8. The summed E-state index contributed by atoms with van der Waals surface area (Å²) in [5.41, 5.74) is 6.90. The predicted molar refractivity (Wildman–Crippen MR) is 147 cm³/mol. The van der Waals surface area contributed by atoms with E-state index >= 15 is 0 Å². The van der Waals surface area contributed by atoms with E-state index in [1.165, 1.54) is 16.7 Å². The van der Waals surface area contributed by atoms with Gasteiger partial charge in [0.2, 0.25) is 0 Å². The van der Waals surface area contributed by atoms with Crippen molar-refractivity contribution in [2.24, 2.45) is 0 Å². The minimum atomic E-state index is 0.891. The van der Waals surface area contributed by atoms with Gasteiger partial charge >= 0.3 is 0 Å². The quantitative estimate of drug-likeness (QED) is 0.216. The summed E-state index contributed by atoms with van der Waals surface area (Å²) in [7, 11) is 1.96. The van der Waals surface area contributed by atoms with Crippen molar-refractivity contribution in [3.63, 3.8) is 0 Å². The van der Waals surface area contributed by atoms with Crippen molar-refractivity contribution >= 4 is 5.57 Å². The highest BCUT2D eigenvalue weighted by Crippen LogP contribution is 2.34. The van der Waals surface area contributed by atoms with Crippen molar-refractivity contribution in [3.8, 4) is 12.3 Å². The van der Waals surface area contributed by atoms with E-state index in [9.17, 15) is 0 Å². The van der Waals surface area contributed by atoms with Crippen LogP contribution in [0.2, 0.25) is 0 Å². The third-order valence-electron chi connectivity index (χ3n) is 5.15. The van der Waals surface area contributed by atoms with E-state index < -0.39 is 0 Å². The van der Waals surface area contributed by atoms with E-state index in [0.717, 1.165) is 55.6 Å². The molecule has 2 nitrogen and oxygen atoms in total. The number of hydrogen-bond donors (Lipinski definition) is 2. The summed E-state index contributed by atoms with van der Waals surface area (Å²) in [6.45, 7) is 15.4. The topological polar surface area (TPSA) is 24.1 Å². The van der Waals surface area contributed by atoms with Gasteiger partial charge in [-0.1, -0.05) is 100 Å². The van der Waals surface area contributed by atoms with Crippen LogP contribution in [0.25, 0.3) is 5.57 Å². The number of nitrogens with one attached hydrogen (secondary N) is 2. The SMILES string of the molecule is C#Cc1ccc(/C(=C(CCCC)\C(C=C)=C\C=C)c2ccccc2)cc1.CCNCCNC. The molecule has 2 rings (SSSR count). The van der Waals surface area contributed by atoms with Gasteiger partial charge in [-0.2, -0.15) is 0 Å². The van der Waals surface area contributed by atoms with Gasteiger partial charge in [0, 0.05) is 18.7 Å². The largest absolute Gasteiger partial charge is 0.318 e.